The van der Waals surface area contributed by atoms with Crippen molar-refractivity contribution in [2.75, 3.05) is 0 Å². The molecule has 0 saturated heterocycles. The number of pyridine rings is 2. The molecule has 0 N–H and O–H groups in total. The van der Waals surface area contributed by atoms with E-state index in [0.29, 0.717) is 0 Å². The minimum atomic E-state index is 0. The van der Waals surface area contributed by atoms with Crippen molar-refractivity contribution < 1.29 is 33.9 Å². The summed E-state index contributed by atoms with van der Waals surface area (Å²) >= 11 is 0. The maximum absolute atomic E-state index is 3.93. The van der Waals surface area contributed by atoms with Gasteiger partial charge in [-0.3, -0.25) is 0 Å². The van der Waals surface area contributed by atoms with Gasteiger partial charge in [-0.15, -0.1) is 0 Å². The van der Waals surface area contributed by atoms with Crippen LogP contribution in [0.25, 0.3) is 11.1 Å². The zero-order chi connectivity index (χ0) is 14.5. The van der Waals surface area contributed by atoms with Crippen LogP contribution in [0.5, 0.6) is 0 Å². The summed E-state index contributed by atoms with van der Waals surface area (Å²) in [5, 5.41) is 0. The summed E-state index contributed by atoms with van der Waals surface area (Å²) in [7, 11) is 0. The van der Waals surface area contributed by atoms with Gasteiger partial charge in [-0.05, 0) is 36.1 Å². The minimum Gasteiger partial charge on any atom is -1.00 e. The van der Waals surface area contributed by atoms with Gasteiger partial charge >= 0.3 is 0 Å². The average Bonchev–Trinajstić information content (AvgIpc) is 2.39. The van der Waals surface area contributed by atoms with E-state index in [1.807, 2.05) is 13.8 Å². The molecule has 2 nitrogen and oxygen atoms in total. The van der Waals surface area contributed by atoms with Crippen LogP contribution in [0.1, 0.15) is 13.8 Å². The quantitative estimate of drug-likeness (QED) is 0.408. The highest BCUT2D eigenvalue weighted by molar-refractivity contribution is 5.60. The van der Waals surface area contributed by atoms with Crippen LogP contribution in [-0.4, -0.2) is 0 Å². The highest BCUT2D eigenvalue weighted by Crippen LogP contribution is 2.15. The second-order valence-corrected chi connectivity index (χ2v) is 5.43. The second kappa shape index (κ2) is 9.39. The first-order valence-corrected chi connectivity index (χ1v) is 6.82. The Morgan fingerprint density at radius 3 is 1.23 bits per heavy atom. The van der Waals surface area contributed by atoms with Gasteiger partial charge in [0.25, 0.3) is 0 Å². The molecule has 0 atom stereocenters. The lowest BCUT2D eigenvalue weighted by Gasteiger charge is -2.01. The number of nitrogens with zero attached hydrogens (tertiary/aromatic N) is 2. The van der Waals surface area contributed by atoms with Crippen molar-refractivity contribution in [3.63, 3.8) is 0 Å². The average molecular weight is 337 g/mol. The monoisotopic (exact) mass is 336 g/mol. The van der Waals surface area contributed by atoms with Crippen molar-refractivity contribution in [1.82, 2.24) is 0 Å². The van der Waals surface area contributed by atoms with E-state index < -0.39 is 0 Å². The van der Waals surface area contributed by atoms with E-state index in [9.17, 15) is 0 Å². The number of hydrogen-bond donors (Lipinski definition) is 0. The molecule has 4 heteroatoms. The fourth-order valence-corrected chi connectivity index (χ4v) is 2.13. The Hall–Kier alpha value is -1.64. The van der Waals surface area contributed by atoms with E-state index >= 15 is 0 Å². The SMILES string of the molecule is C=C(C)C[n+]1ccc(-c2cc[n+](CC(=C)C)cc2)cc1.[Cl-].[Cl-]. The molecule has 2 rings (SSSR count). The van der Waals surface area contributed by atoms with Crippen LogP contribution in [0.3, 0.4) is 0 Å². The van der Waals surface area contributed by atoms with Gasteiger partial charge in [0, 0.05) is 24.3 Å². The molecule has 2 heterocycles. The van der Waals surface area contributed by atoms with Gasteiger partial charge in [-0.25, -0.2) is 9.13 Å². The van der Waals surface area contributed by atoms with Crippen molar-refractivity contribution in [2.45, 2.75) is 26.9 Å². The number of halogens is 2. The molecule has 22 heavy (non-hydrogen) atoms. The molecule has 0 spiro atoms. The van der Waals surface area contributed by atoms with Gasteiger partial charge in [0.1, 0.15) is 0 Å². The Bertz CT molecular complexity index is 559. The molecule has 0 radical (unpaired) electrons. The Labute approximate surface area is 145 Å². The number of hydrogen-bond acceptors (Lipinski definition) is 0. The first-order valence-electron chi connectivity index (χ1n) is 6.82. The van der Waals surface area contributed by atoms with E-state index in [1.165, 1.54) is 11.1 Å². The van der Waals surface area contributed by atoms with Crippen LogP contribution in [0.15, 0.2) is 73.4 Å². The largest absolute Gasteiger partial charge is 1.00 e. The lowest BCUT2D eigenvalue weighted by Crippen LogP contribution is -3.00. The fourth-order valence-electron chi connectivity index (χ4n) is 2.13. The molecule has 0 aromatic carbocycles. The first kappa shape index (κ1) is 20.4. The maximum Gasteiger partial charge on any atom is 0.169 e. The van der Waals surface area contributed by atoms with Gasteiger partial charge in [0.2, 0.25) is 0 Å². The molecule has 118 valence electrons. The molecule has 0 aliphatic heterocycles. The predicted molar refractivity (Wildman–Crippen MR) is 81.9 cm³/mol. The van der Waals surface area contributed by atoms with Crippen LogP contribution < -0.4 is 33.9 Å². The first-order chi connectivity index (χ1) is 9.54. The third-order valence-electron chi connectivity index (χ3n) is 3.02. The molecular formula is C18H22Cl2N2. The van der Waals surface area contributed by atoms with Crippen molar-refractivity contribution in [1.29, 1.82) is 0 Å². The molecule has 0 saturated carbocycles. The van der Waals surface area contributed by atoms with Crippen molar-refractivity contribution in [2.24, 2.45) is 0 Å². The summed E-state index contributed by atoms with van der Waals surface area (Å²) in [5.41, 5.74) is 4.77. The summed E-state index contributed by atoms with van der Waals surface area (Å²) < 4.78 is 4.27. The highest BCUT2D eigenvalue weighted by Gasteiger charge is 2.05. The summed E-state index contributed by atoms with van der Waals surface area (Å²) in [6, 6.07) is 8.56. The van der Waals surface area contributed by atoms with Crippen LogP contribution in [0.4, 0.5) is 0 Å². The molecule has 2 aromatic heterocycles. The van der Waals surface area contributed by atoms with Crippen LogP contribution >= 0.6 is 0 Å². The lowest BCUT2D eigenvalue weighted by molar-refractivity contribution is -0.689. The topological polar surface area (TPSA) is 7.76 Å². The summed E-state index contributed by atoms with van der Waals surface area (Å²) in [6.45, 7) is 13.7. The van der Waals surface area contributed by atoms with E-state index in [0.717, 1.165) is 24.2 Å². The zero-order valence-corrected chi connectivity index (χ0v) is 14.6. The Kier molecular flexibility index (Phi) is 8.69. The Balaban J connectivity index is 0.00000220. The molecule has 0 bridgehead atoms. The van der Waals surface area contributed by atoms with Gasteiger partial charge in [0.05, 0.1) is 0 Å². The lowest BCUT2D eigenvalue weighted by atomic mass is 10.1. The van der Waals surface area contributed by atoms with Gasteiger partial charge in [-0.1, -0.05) is 13.2 Å². The van der Waals surface area contributed by atoms with Gasteiger partial charge in [0.15, 0.2) is 37.9 Å². The molecule has 0 amide bonds. The third kappa shape index (κ3) is 6.00. The number of rotatable bonds is 5. The van der Waals surface area contributed by atoms with E-state index in [1.54, 1.807) is 0 Å². The highest BCUT2D eigenvalue weighted by atomic mass is 35.5. The Morgan fingerprint density at radius 2 is 1.00 bits per heavy atom. The molecule has 2 aromatic rings. The molecular weight excluding hydrogens is 315 g/mol. The second-order valence-electron chi connectivity index (χ2n) is 5.43. The van der Waals surface area contributed by atoms with Crippen molar-refractivity contribution in [3.05, 3.63) is 73.4 Å². The van der Waals surface area contributed by atoms with Crippen molar-refractivity contribution in [3.8, 4) is 11.1 Å². The van der Waals surface area contributed by atoms with Crippen LogP contribution in [0, 0.1) is 0 Å². The predicted octanol–water partition coefficient (Wildman–Crippen LogP) is -2.91. The molecule has 0 aliphatic rings. The fraction of sp³-hybridized carbons (Fsp3) is 0.222. The van der Waals surface area contributed by atoms with Crippen LogP contribution in [0.2, 0.25) is 0 Å². The van der Waals surface area contributed by atoms with Crippen molar-refractivity contribution >= 4 is 0 Å². The molecule has 0 unspecified atom stereocenters. The van der Waals surface area contributed by atoms with Gasteiger partial charge in [-0.2, -0.15) is 0 Å². The smallest absolute Gasteiger partial charge is 0.169 e. The van der Waals surface area contributed by atoms with Gasteiger partial charge < -0.3 is 24.8 Å². The minimum absolute atomic E-state index is 0. The molecule has 0 aliphatic carbocycles. The zero-order valence-electron chi connectivity index (χ0n) is 13.1. The Morgan fingerprint density at radius 1 is 0.727 bits per heavy atom. The molecule has 0 fully saturated rings. The maximum atomic E-state index is 3.93. The number of allylic oxidation sites excluding steroid dienone is 2. The van der Waals surface area contributed by atoms with E-state index in [-0.39, 0.29) is 24.8 Å². The summed E-state index contributed by atoms with van der Waals surface area (Å²) in [6.07, 6.45) is 8.38. The number of aromatic nitrogens is 2. The normalized spacial score (nSPS) is 9.36. The van der Waals surface area contributed by atoms with Crippen LogP contribution in [-0.2, 0) is 13.1 Å². The van der Waals surface area contributed by atoms with E-state index in [4.69, 9.17) is 0 Å². The third-order valence-corrected chi connectivity index (χ3v) is 3.02. The summed E-state index contributed by atoms with van der Waals surface area (Å²) in [5.74, 6) is 0. The standard InChI is InChI=1S/C18H22N2.2ClH/c1-15(2)13-19-9-5-17(6-10-19)18-7-11-20(12-8-18)14-16(3)4;;/h5-12H,1,3,13-14H2,2,4H3;2*1H/q+2;;/p-2. The van der Waals surface area contributed by atoms with E-state index in [2.05, 4.69) is 71.3 Å². The summed E-state index contributed by atoms with van der Waals surface area (Å²) in [4.78, 5) is 0.